The number of nitrogens with two attached hydrogens (primary N) is 1. The normalized spacial score (nSPS) is 24.2. The van der Waals surface area contributed by atoms with Crippen LogP contribution >= 0.6 is 0 Å². The standard InChI is InChI=1S/C16H28N4/c1-11(2)15-14(17)16(19(3)18-15)20-10-6-9-13(20)12-7-4-5-8-12/h11-13H,4-10,17H2,1-3H3. The molecule has 1 aliphatic heterocycles. The average molecular weight is 276 g/mol. The molecule has 0 aromatic carbocycles. The second-order valence-corrected chi connectivity index (χ2v) is 6.85. The van der Waals surface area contributed by atoms with Gasteiger partial charge in [0.05, 0.1) is 11.4 Å². The summed E-state index contributed by atoms with van der Waals surface area (Å²) in [5.41, 5.74) is 8.39. The summed E-state index contributed by atoms with van der Waals surface area (Å²) in [6, 6.07) is 0.690. The second-order valence-electron chi connectivity index (χ2n) is 6.85. The largest absolute Gasteiger partial charge is 0.394 e. The molecule has 2 N–H and O–H groups in total. The van der Waals surface area contributed by atoms with Crippen LogP contribution in [-0.4, -0.2) is 22.4 Å². The number of anilines is 2. The third-order valence-electron chi connectivity index (χ3n) is 5.14. The van der Waals surface area contributed by atoms with Crippen LogP contribution in [0.2, 0.25) is 0 Å². The van der Waals surface area contributed by atoms with E-state index >= 15 is 0 Å². The minimum absolute atomic E-state index is 0.391. The summed E-state index contributed by atoms with van der Waals surface area (Å²) in [5.74, 6) is 2.43. The molecular formula is C16H28N4. The summed E-state index contributed by atoms with van der Waals surface area (Å²) in [6.07, 6.45) is 8.24. The molecule has 0 amide bonds. The van der Waals surface area contributed by atoms with E-state index in [0.29, 0.717) is 12.0 Å². The van der Waals surface area contributed by atoms with E-state index in [9.17, 15) is 0 Å². The summed E-state index contributed by atoms with van der Waals surface area (Å²) < 4.78 is 2.01. The zero-order valence-electron chi connectivity index (χ0n) is 13.1. The maximum Gasteiger partial charge on any atom is 0.150 e. The van der Waals surface area contributed by atoms with Gasteiger partial charge in [-0.2, -0.15) is 5.10 Å². The van der Waals surface area contributed by atoms with Crippen molar-refractivity contribution < 1.29 is 0 Å². The fourth-order valence-corrected chi connectivity index (χ4v) is 4.21. The molecule has 2 heterocycles. The predicted octanol–water partition coefficient (Wildman–Crippen LogP) is 3.28. The smallest absolute Gasteiger partial charge is 0.150 e. The van der Waals surface area contributed by atoms with Crippen LogP contribution in [0.1, 0.15) is 64.0 Å². The van der Waals surface area contributed by atoms with Gasteiger partial charge in [0.15, 0.2) is 5.82 Å². The lowest BCUT2D eigenvalue weighted by atomic mass is 9.96. The van der Waals surface area contributed by atoms with Gasteiger partial charge < -0.3 is 10.6 Å². The topological polar surface area (TPSA) is 47.1 Å². The molecule has 1 saturated carbocycles. The number of aryl methyl sites for hydroxylation is 1. The summed E-state index contributed by atoms with van der Waals surface area (Å²) in [6.45, 7) is 5.48. The molecule has 3 rings (SSSR count). The Bertz CT molecular complexity index is 471. The summed E-state index contributed by atoms with van der Waals surface area (Å²) >= 11 is 0. The van der Waals surface area contributed by atoms with E-state index in [2.05, 4.69) is 23.8 Å². The highest BCUT2D eigenvalue weighted by Crippen LogP contribution is 2.40. The highest BCUT2D eigenvalue weighted by molar-refractivity contribution is 5.68. The van der Waals surface area contributed by atoms with Crippen LogP contribution in [0.4, 0.5) is 11.5 Å². The van der Waals surface area contributed by atoms with Crippen LogP contribution in [0.25, 0.3) is 0 Å². The van der Waals surface area contributed by atoms with E-state index in [4.69, 9.17) is 5.73 Å². The van der Waals surface area contributed by atoms with Crippen molar-refractivity contribution in [3.63, 3.8) is 0 Å². The lowest BCUT2D eigenvalue weighted by Crippen LogP contribution is -2.36. The van der Waals surface area contributed by atoms with E-state index in [0.717, 1.165) is 23.8 Å². The summed E-state index contributed by atoms with van der Waals surface area (Å²) in [7, 11) is 2.04. The SMILES string of the molecule is CC(C)c1nn(C)c(N2CCCC2C2CCCC2)c1N. The van der Waals surface area contributed by atoms with Gasteiger partial charge in [-0.1, -0.05) is 26.7 Å². The molecule has 4 heteroatoms. The van der Waals surface area contributed by atoms with Crippen molar-refractivity contribution in [2.75, 3.05) is 17.2 Å². The molecule has 4 nitrogen and oxygen atoms in total. The van der Waals surface area contributed by atoms with Crippen LogP contribution in [0.15, 0.2) is 0 Å². The monoisotopic (exact) mass is 276 g/mol. The molecule has 1 atom stereocenters. The van der Waals surface area contributed by atoms with Crippen molar-refractivity contribution in [3.8, 4) is 0 Å². The Kier molecular flexibility index (Phi) is 3.65. The van der Waals surface area contributed by atoms with Crippen LogP contribution in [0.3, 0.4) is 0 Å². The zero-order valence-corrected chi connectivity index (χ0v) is 13.1. The third-order valence-corrected chi connectivity index (χ3v) is 5.14. The van der Waals surface area contributed by atoms with Gasteiger partial charge in [-0.15, -0.1) is 0 Å². The first kappa shape index (κ1) is 13.8. The molecule has 112 valence electrons. The average Bonchev–Trinajstić information content (AvgIpc) is 3.08. The van der Waals surface area contributed by atoms with E-state index in [1.54, 1.807) is 0 Å². The molecular weight excluding hydrogens is 248 g/mol. The molecule has 1 unspecified atom stereocenters. The number of rotatable bonds is 3. The number of hydrogen-bond donors (Lipinski definition) is 1. The van der Waals surface area contributed by atoms with Crippen molar-refractivity contribution in [2.24, 2.45) is 13.0 Å². The van der Waals surface area contributed by atoms with Gasteiger partial charge >= 0.3 is 0 Å². The van der Waals surface area contributed by atoms with Gasteiger partial charge in [0.1, 0.15) is 0 Å². The third kappa shape index (κ3) is 2.19. The van der Waals surface area contributed by atoms with E-state index in [1.165, 1.54) is 44.3 Å². The van der Waals surface area contributed by atoms with Crippen molar-refractivity contribution >= 4 is 11.5 Å². The van der Waals surface area contributed by atoms with Gasteiger partial charge in [-0.3, -0.25) is 4.68 Å². The molecule has 0 bridgehead atoms. The van der Waals surface area contributed by atoms with Crippen LogP contribution in [0.5, 0.6) is 0 Å². The maximum absolute atomic E-state index is 6.42. The quantitative estimate of drug-likeness (QED) is 0.921. The zero-order chi connectivity index (χ0) is 14.3. The minimum atomic E-state index is 0.391. The summed E-state index contributed by atoms with van der Waals surface area (Å²) in [4.78, 5) is 2.56. The Labute approximate surface area is 122 Å². The van der Waals surface area contributed by atoms with E-state index in [-0.39, 0.29) is 0 Å². The highest BCUT2D eigenvalue weighted by atomic mass is 15.4. The lowest BCUT2D eigenvalue weighted by Gasteiger charge is -2.31. The van der Waals surface area contributed by atoms with Gasteiger partial charge in [-0.05, 0) is 37.5 Å². The van der Waals surface area contributed by atoms with Crippen molar-refractivity contribution in [2.45, 2.75) is 64.3 Å². The van der Waals surface area contributed by atoms with Crippen molar-refractivity contribution in [1.29, 1.82) is 0 Å². The first-order valence-corrected chi connectivity index (χ1v) is 8.18. The molecule has 1 aliphatic carbocycles. The first-order valence-electron chi connectivity index (χ1n) is 8.18. The molecule has 2 fully saturated rings. The first-order chi connectivity index (χ1) is 9.59. The Morgan fingerprint density at radius 1 is 1.15 bits per heavy atom. The van der Waals surface area contributed by atoms with Crippen LogP contribution in [0, 0.1) is 5.92 Å². The number of nitrogen functional groups attached to an aromatic ring is 1. The molecule has 0 radical (unpaired) electrons. The second kappa shape index (κ2) is 5.30. The van der Waals surface area contributed by atoms with E-state index in [1.807, 2.05) is 11.7 Å². The maximum atomic E-state index is 6.42. The Morgan fingerprint density at radius 3 is 2.45 bits per heavy atom. The van der Waals surface area contributed by atoms with Gasteiger partial charge in [0.25, 0.3) is 0 Å². The lowest BCUT2D eigenvalue weighted by molar-refractivity contribution is 0.426. The van der Waals surface area contributed by atoms with Crippen LogP contribution < -0.4 is 10.6 Å². The highest BCUT2D eigenvalue weighted by Gasteiger charge is 2.36. The Morgan fingerprint density at radius 2 is 1.85 bits per heavy atom. The Hall–Kier alpha value is -1.19. The molecule has 20 heavy (non-hydrogen) atoms. The van der Waals surface area contributed by atoms with E-state index < -0.39 is 0 Å². The number of aromatic nitrogens is 2. The van der Waals surface area contributed by atoms with Crippen LogP contribution in [-0.2, 0) is 7.05 Å². The van der Waals surface area contributed by atoms with Gasteiger partial charge in [-0.25, -0.2) is 0 Å². The Balaban J connectivity index is 1.91. The minimum Gasteiger partial charge on any atom is -0.394 e. The fourth-order valence-electron chi connectivity index (χ4n) is 4.21. The van der Waals surface area contributed by atoms with Gasteiger partial charge in [0, 0.05) is 19.6 Å². The molecule has 1 aromatic rings. The summed E-state index contributed by atoms with van der Waals surface area (Å²) in [5, 5.41) is 4.67. The molecule has 1 aromatic heterocycles. The fraction of sp³-hybridized carbons (Fsp3) is 0.812. The van der Waals surface area contributed by atoms with Crippen molar-refractivity contribution in [1.82, 2.24) is 9.78 Å². The van der Waals surface area contributed by atoms with Crippen molar-refractivity contribution in [3.05, 3.63) is 5.69 Å². The number of nitrogens with zero attached hydrogens (tertiary/aromatic N) is 3. The molecule has 1 saturated heterocycles. The number of hydrogen-bond acceptors (Lipinski definition) is 3. The molecule has 0 spiro atoms. The predicted molar refractivity (Wildman–Crippen MR) is 84.0 cm³/mol. The molecule has 2 aliphatic rings. The van der Waals surface area contributed by atoms with Gasteiger partial charge in [0.2, 0.25) is 0 Å².